The fourth-order valence-electron chi connectivity index (χ4n) is 2.89. The van der Waals surface area contributed by atoms with Crippen molar-refractivity contribution in [3.63, 3.8) is 0 Å². The van der Waals surface area contributed by atoms with E-state index in [0.29, 0.717) is 21.4 Å². The van der Waals surface area contributed by atoms with Crippen LogP contribution in [0.4, 0.5) is 0 Å². The molecule has 8 heteroatoms. The number of fused-ring (bicyclic) bond motifs is 1. The SMILES string of the molecule is Cc1c(O)ccc2c(COC(=O)[C@H](NC(=O)c3cccs3)C(C)C)cc(=O)oc12. The monoisotopic (exact) mass is 415 g/mol. The lowest BCUT2D eigenvalue weighted by atomic mass is 10.0. The van der Waals surface area contributed by atoms with E-state index < -0.39 is 17.6 Å². The van der Waals surface area contributed by atoms with Crippen molar-refractivity contribution in [1.29, 1.82) is 0 Å². The largest absolute Gasteiger partial charge is 0.508 e. The zero-order chi connectivity index (χ0) is 21.1. The molecule has 0 fully saturated rings. The minimum atomic E-state index is -0.832. The van der Waals surface area contributed by atoms with Gasteiger partial charge in [-0.2, -0.15) is 0 Å². The number of thiophene rings is 1. The number of hydrogen-bond acceptors (Lipinski definition) is 7. The Balaban J connectivity index is 1.79. The fourth-order valence-corrected chi connectivity index (χ4v) is 3.52. The summed E-state index contributed by atoms with van der Waals surface area (Å²) in [6.45, 7) is 5.08. The van der Waals surface area contributed by atoms with Gasteiger partial charge in [-0.25, -0.2) is 9.59 Å². The van der Waals surface area contributed by atoms with Gasteiger partial charge in [-0.15, -0.1) is 11.3 Å². The summed E-state index contributed by atoms with van der Waals surface area (Å²) in [7, 11) is 0. The van der Waals surface area contributed by atoms with E-state index in [9.17, 15) is 19.5 Å². The Morgan fingerprint density at radius 3 is 2.69 bits per heavy atom. The van der Waals surface area contributed by atoms with Gasteiger partial charge in [-0.1, -0.05) is 19.9 Å². The Hall–Kier alpha value is -3.13. The molecule has 3 rings (SSSR count). The van der Waals surface area contributed by atoms with Crippen LogP contribution in [0.25, 0.3) is 11.0 Å². The van der Waals surface area contributed by atoms with Crippen molar-refractivity contribution in [2.24, 2.45) is 5.92 Å². The highest BCUT2D eigenvalue weighted by molar-refractivity contribution is 7.12. The molecule has 2 heterocycles. The molecule has 0 unspecified atom stereocenters. The summed E-state index contributed by atoms with van der Waals surface area (Å²) in [5, 5.41) is 14.9. The minimum absolute atomic E-state index is 0.00551. The van der Waals surface area contributed by atoms with Crippen molar-refractivity contribution in [2.45, 2.75) is 33.4 Å². The molecule has 0 aliphatic heterocycles. The minimum Gasteiger partial charge on any atom is -0.508 e. The van der Waals surface area contributed by atoms with Crippen molar-refractivity contribution < 1.29 is 23.8 Å². The molecule has 1 aromatic carbocycles. The van der Waals surface area contributed by atoms with Gasteiger partial charge in [-0.3, -0.25) is 4.79 Å². The number of esters is 1. The second-order valence-electron chi connectivity index (χ2n) is 6.96. The van der Waals surface area contributed by atoms with E-state index >= 15 is 0 Å². The summed E-state index contributed by atoms with van der Waals surface area (Å²) < 4.78 is 10.6. The first-order chi connectivity index (χ1) is 13.8. The number of phenolic OH excluding ortho intramolecular Hbond substituents is 1. The lowest BCUT2D eigenvalue weighted by Gasteiger charge is -2.20. The van der Waals surface area contributed by atoms with E-state index in [1.807, 2.05) is 0 Å². The van der Waals surface area contributed by atoms with Crippen LogP contribution in [0.15, 0.2) is 44.9 Å². The number of phenols is 1. The molecule has 3 aromatic rings. The lowest BCUT2D eigenvalue weighted by Crippen LogP contribution is -2.45. The van der Waals surface area contributed by atoms with E-state index in [0.717, 1.165) is 0 Å². The third-order valence-electron chi connectivity index (χ3n) is 4.54. The molecule has 7 nitrogen and oxygen atoms in total. The van der Waals surface area contributed by atoms with Gasteiger partial charge in [0.25, 0.3) is 5.91 Å². The molecule has 0 saturated carbocycles. The summed E-state index contributed by atoms with van der Waals surface area (Å²) in [6.07, 6.45) is 0. The van der Waals surface area contributed by atoms with Gasteiger partial charge >= 0.3 is 11.6 Å². The van der Waals surface area contributed by atoms with Crippen LogP contribution in [0.3, 0.4) is 0 Å². The molecule has 2 N–H and O–H groups in total. The van der Waals surface area contributed by atoms with Crippen molar-refractivity contribution in [3.8, 4) is 5.75 Å². The summed E-state index contributed by atoms with van der Waals surface area (Å²) in [4.78, 5) is 37.3. The highest BCUT2D eigenvalue weighted by Crippen LogP contribution is 2.27. The average Bonchev–Trinajstić information content (AvgIpc) is 3.21. The van der Waals surface area contributed by atoms with Crippen LogP contribution in [-0.2, 0) is 16.1 Å². The quantitative estimate of drug-likeness (QED) is 0.472. The number of ether oxygens (including phenoxy) is 1. The van der Waals surface area contributed by atoms with Crippen LogP contribution in [0, 0.1) is 12.8 Å². The maximum Gasteiger partial charge on any atom is 0.336 e. The van der Waals surface area contributed by atoms with Crippen LogP contribution in [-0.4, -0.2) is 23.0 Å². The van der Waals surface area contributed by atoms with E-state index in [1.54, 1.807) is 44.4 Å². The van der Waals surface area contributed by atoms with Gasteiger partial charge < -0.3 is 19.6 Å². The first kappa shape index (κ1) is 20.6. The topological polar surface area (TPSA) is 106 Å². The third-order valence-corrected chi connectivity index (χ3v) is 5.41. The molecule has 1 amide bonds. The number of rotatable bonds is 6. The Kier molecular flexibility index (Phi) is 6.03. The Morgan fingerprint density at radius 1 is 1.28 bits per heavy atom. The van der Waals surface area contributed by atoms with E-state index in [-0.39, 0.29) is 29.8 Å². The summed E-state index contributed by atoms with van der Waals surface area (Å²) in [5.41, 5.74) is 0.523. The van der Waals surface area contributed by atoms with Gasteiger partial charge in [0.05, 0.1) is 4.88 Å². The highest BCUT2D eigenvalue weighted by Gasteiger charge is 2.27. The molecule has 0 aliphatic rings. The van der Waals surface area contributed by atoms with Crippen molar-refractivity contribution in [1.82, 2.24) is 5.32 Å². The second-order valence-corrected chi connectivity index (χ2v) is 7.90. The molecule has 1 atom stereocenters. The maximum atomic E-state index is 12.6. The molecule has 0 saturated heterocycles. The number of aryl methyl sites for hydroxylation is 1. The molecule has 0 bridgehead atoms. The van der Waals surface area contributed by atoms with Crippen LogP contribution in [0.5, 0.6) is 5.75 Å². The molecule has 0 spiro atoms. The zero-order valence-corrected chi connectivity index (χ0v) is 17.0. The zero-order valence-electron chi connectivity index (χ0n) is 16.2. The van der Waals surface area contributed by atoms with E-state index in [1.165, 1.54) is 23.5 Å². The number of carbonyl (C=O) groups excluding carboxylic acids is 2. The van der Waals surface area contributed by atoms with Gasteiger partial charge in [0.1, 0.15) is 24.0 Å². The molecular formula is C21H21NO6S. The molecular weight excluding hydrogens is 394 g/mol. The van der Waals surface area contributed by atoms with Crippen molar-refractivity contribution in [2.75, 3.05) is 0 Å². The highest BCUT2D eigenvalue weighted by atomic mass is 32.1. The van der Waals surface area contributed by atoms with Gasteiger partial charge in [-0.05, 0) is 36.4 Å². The van der Waals surface area contributed by atoms with Crippen LogP contribution < -0.4 is 10.9 Å². The summed E-state index contributed by atoms with van der Waals surface area (Å²) >= 11 is 1.28. The summed E-state index contributed by atoms with van der Waals surface area (Å²) in [6, 6.07) is 6.94. The van der Waals surface area contributed by atoms with Crippen LogP contribution in [0.2, 0.25) is 0 Å². The third kappa shape index (κ3) is 4.48. The number of aromatic hydroxyl groups is 1. The number of benzene rings is 1. The molecule has 29 heavy (non-hydrogen) atoms. The van der Waals surface area contributed by atoms with Gasteiger partial charge in [0, 0.05) is 22.6 Å². The van der Waals surface area contributed by atoms with Crippen LogP contribution in [0.1, 0.15) is 34.6 Å². The number of amides is 1. The average molecular weight is 415 g/mol. The molecule has 0 radical (unpaired) electrons. The molecule has 0 aliphatic carbocycles. The first-order valence-corrected chi connectivity index (χ1v) is 9.92. The van der Waals surface area contributed by atoms with Crippen LogP contribution >= 0.6 is 11.3 Å². The lowest BCUT2D eigenvalue weighted by molar-refractivity contribution is -0.148. The predicted molar refractivity (Wildman–Crippen MR) is 109 cm³/mol. The number of nitrogens with one attached hydrogen (secondary N) is 1. The number of hydrogen-bond donors (Lipinski definition) is 2. The smallest absolute Gasteiger partial charge is 0.336 e. The number of carbonyl (C=O) groups is 2. The van der Waals surface area contributed by atoms with E-state index in [2.05, 4.69) is 5.32 Å². The van der Waals surface area contributed by atoms with Crippen molar-refractivity contribution in [3.05, 3.63) is 62.1 Å². The standard InChI is InChI=1S/C21H21NO6S/c1-11(2)18(22-20(25)16-5-4-8-29-16)21(26)27-10-13-9-17(24)28-19-12(3)15(23)7-6-14(13)19/h4-9,11,18,23H,10H2,1-3H3,(H,22,25)/t18-/m1/s1. The predicted octanol–water partition coefficient (Wildman–Crippen LogP) is 3.37. The second kappa shape index (κ2) is 8.48. The fraction of sp³-hybridized carbons (Fsp3) is 0.286. The van der Waals surface area contributed by atoms with Gasteiger partial charge in [0.2, 0.25) is 0 Å². The Labute approximate surface area is 170 Å². The van der Waals surface area contributed by atoms with Crippen molar-refractivity contribution >= 4 is 34.2 Å². The Morgan fingerprint density at radius 2 is 2.03 bits per heavy atom. The maximum absolute atomic E-state index is 12.6. The van der Waals surface area contributed by atoms with E-state index in [4.69, 9.17) is 9.15 Å². The molecule has 2 aromatic heterocycles. The normalized spacial score (nSPS) is 12.1. The molecule has 152 valence electrons. The summed E-state index contributed by atoms with van der Waals surface area (Å²) in [5.74, 6) is -1.12. The first-order valence-electron chi connectivity index (χ1n) is 9.04. The van der Waals surface area contributed by atoms with Gasteiger partial charge in [0.15, 0.2) is 0 Å². The Bertz CT molecular complexity index is 1100.